The molecule has 0 aromatic heterocycles. The monoisotopic (exact) mass is 365 g/mol. The third-order valence-electron chi connectivity index (χ3n) is 1.28. The van der Waals surface area contributed by atoms with E-state index in [0.29, 0.717) is 0 Å². The van der Waals surface area contributed by atoms with Gasteiger partial charge in [0.05, 0.1) is 0 Å². The molecule has 5 heteroatoms. The fourth-order valence-corrected chi connectivity index (χ4v) is 5.85. The number of rotatable bonds is 3. The maximum absolute atomic E-state index is 11.0. The van der Waals surface area contributed by atoms with Crippen molar-refractivity contribution < 1.29 is 9.59 Å². The van der Waals surface area contributed by atoms with Crippen molar-refractivity contribution in [3.05, 3.63) is 19.3 Å². The third-order valence-corrected chi connectivity index (χ3v) is 5.35. The topological polar surface area (TPSA) is 46.2 Å². The van der Waals surface area contributed by atoms with Gasteiger partial charge in [-0.15, -0.1) is 0 Å². The second kappa shape index (κ2) is 5.07. The molecule has 3 nitrogen and oxygen atoms in total. The van der Waals surface area contributed by atoms with Gasteiger partial charge in [-0.05, 0) is 0 Å². The van der Waals surface area contributed by atoms with Crippen LogP contribution in [0, 0.1) is 0 Å². The first-order chi connectivity index (χ1) is 5.74. The molecule has 56 valence electrons. The molecule has 0 aliphatic carbocycles. The van der Waals surface area contributed by atoms with Crippen LogP contribution in [0.4, 0.5) is 0 Å². The quantitative estimate of drug-likeness (QED) is 0.634. The SMILES string of the molecule is O=C1C=[C]([In]/[CH]=C\[CH]=[In])C(=O)N1. The van der Waals surface area contributed by atoms with E-state index >= 15 is 0 Å². The van der Waals surface area contributed by atoms with Gasteiger partial charge in [0.2, 0.25) is 0 Å². The summed E-state index contributed by atoms with van der Waals surface area (Å²) >= 11 is -0.0111. The Kier molecular flexibility index (Phi) is 4.35. The van der Waals surface area contributed by atoms with Crippen LogP contribution in [0.15, 0.2) is 19.3 Å². The number of carbonyl (C=O) groups excluding carboxylic acids is 2. The number of amides is 2. The molecule has 0 saturated carbocycles. The summed E-state index contributed by atoms with van der Waals surface area (Å²) in [5.74, 6) is -0.442. The number of carbonyl (C=O) groups is 2. The molecule has 0 saturated heterocycles. The first-order valence-corrected chi connectivity index (χ1v) is 8.81. The minimum absolute atomic E-state index is 0.182. The normalized spacial score (nSPS) is 16.1. The molecule has 0 aromatic carbocycles. The van der Waals surface area contributed by atoms with Crippen LogP contribution in [0.25, 0.3) is 0 Å². The molecule has 0 atom stereocenters. The summed E-state index contributed by atoms with van der Waals surface area (Å²) in [6.07, 6.45) is 3.42. The van der Waals surface area contributed by atoms with Gasteiger partial charge in [-0.2, -0.15) is 0 Å². The van der Waals surface area contributed by atoms with Crippen molar-refractivity contribution in [2.24, 2.45) is 0 Å². The van der Waals surface area contributed by atoms with E-state index in [2.05, 4.69) is 9.15 Å². The predicted octanol–water partition coefficient (Wildman–Crippen LogP) is -1.28. The molecule has 0 aromatic rings. The van der Waals surface area contributed by atoms with Crippen LogP contribution < -0.4 is 5.32 Å². The van der Waals surface area contributed by atoms with Crippen LogP contribution >= 0.6 is 0 Å². The molecule has 0 bridgehead atoms. The second-order valence-electron chi connectivity index (χ2n) is 2.16. The van der Waals surface area contributed by atoms with Crippen molar-refractivity contribution in [2.75, 3.05) is 0 Å². The molecule has 12 heavy (non-hydrogen) atoms. The number of hydrogen-bond donors (Lipinski definition) is 1. The van der Waals surface area contributed by atoms with Crippen LogP contribution in [0.3, 0.4) is 0 Å². The molecular weight excluding hydrogens is 360 g/mol. The molecule has 1 heterocycles. The Balaban J connectivity index is 2.58. The molecular formula is C7H5In2NO2. The van der Waals surface area contributed by atoms with Crippen molar-refractivity contribution >= 4 is 62.4 Å². The Morgan fingerprint density at radius 3 is 2.75 bits per heavy atom. The van der Waals surface area contributed by atoms with Gasteiger partial charge in [0.15, 0.2) is 0 Å². The van der Waals surface area contributed by atoms with Crippen LogP contribution in [0.5, 0.6) is 0 Å². The first-order valence-electron chi connectivity index (χ1n) is 3.36. The molecule has 2 radical (unpaired) electrons. The predicted molar refractivity (Wildman–Crippen MR) is 47.9 cm³/mol. The van der Waals surface area contributed by atoms with Crippen molar-refractivity contribution in [2.45, 2.75) is 0 Å². The van der Waals surface area contributed by atoms with E-state index in [1.165, 1.54) is 6.08 Å². The van der Waals surface area contributed by atoms with E-state index in [-0.39, 0.29) is 11.8 Å². The van der Waals surface area contributed by atoms with Gasteiger partial charge in [0, 0.05) is 0 Å². The Labute approximate surface area is 95.7 Å². The zero-order chi connectivity index (χ0) is 8.97. The van der Waals surface area contributed by atoms with Crippen LogP contribution in [0.1, 0.15) is 0 Å². The van der Waals surface area contributed by atoms with Crippen molar-refractivity contribution in [3.63, 3.8) is 0 Å². The average Bonchev–Trinajstić information content (AvgIpc) is 2.31. The fourth-order valence-electron chi connectivity index (χ4n) is 0.774. The van der Waals surface area contributed by atoms with Crippen LogP contribution in [0.2, 0.25) is 0 Å². The molecule has 1 N–H and O–H groups in total. The first kappa shape index (κ1) is 10.3. The third kappa shape index (κ3) is 2.94. The van der Waals surface area contributed by atoms with E-state index < -0.39 is 22.9 Å². The molecule has 1 rings (SSSR count). The minimum atomic E-state index is -1.11. The van der Waals surface area contributed by atoms with E-state index in [1.807, 2.05) is 9.83 Å². The Hall–Kier alpha value is 0.230. The van der Waals surface area contributed by atoms with Gasteiger partial charge in [0.25, 0.3) is 0 Å². The number of imide groups is 1. The van der Waals surface area contributed by atoms with Crippen molar-refractivity contribution in [1.29, 1.82) is 0 Å². The summed E-state index contributed by atoms with van der Waals surface area (Å²) in [4.78, 5) is 21.7. The summed E-state index contributed by atoms with van der Waals surface area (Å²) in [5, 5.41) is 2.23. The Bertz CT molecular complexity index is 294. The van der Waals surface area contributed by atoms with Crippen LogP contribution in [-0.4, -0.2) is 62.4 Å². The number of allylic oxidation sites excluding steroid dienone is 1. The van der Waals surface area contributed by atoms with E-state index in [0.717, 1.165) is 27.2 Å². The Morgan fingerprint density at radius 2 is 2.25 bits per heavy atom. The summed E-state index contributed by atoms with van der Waals surface area (Å²) < 4.78 is 4.84. The molecule has 0 spiro atoms. The Morgan fingerprint density at radius 1 is 1.50 bits per heavy atom. The zero-order valence-electron chi connectivity index (χ0n) is 6.28. The fraction of sp³-hybridized carbons (Fsp3) is 0. The van der Waals surface area contributed by atoms with E-state index in [1.54, 1.807) is 0 Å². The number of nitrogens with one attached hydrogen (secondary N) is 1. The van der Waals surface area contributed by atoms with Crippen molar-refractivity contribution in [3.8, 4) is 0 Å². The standard InChI is InChI=1S/C4H2NO2.C3H3.2In/c6-3-1-2-4(7)5-3;1-3-2;;/h1H,(H,5,6,7);1-3H;;. The van der Waals surface area contributed by atoms with E-state index in [4.69, 9.17) is 0 Å². The van der Waals surface area contributed by atoms with Gasteiger partial charge >= 0.3 is 96.6 Å². The van der Waals surface area contributed by atoms with Crippen molar-refractivity contribution in [1.82, 2.24) is 5.32 Å². The van der Waals surface area contributed by atoms with Gasteiger partial charge < -0.3 is 0 Å². The van der Waals surface area contributed by atoms with Crippen LogP contribution in [-0.2, 0) is 9.59 Å². The molecule has 1 aliphatic rings. The van der Waals surface area contributed by atoms with Gasteiger partial charge in [0.1, 0.15) is 0 Å². The summed E-state index contributed by atoms with van der Waals surface area (Å²) in [6.45, 7) is 0. The van der Waals surface area contributed by atoms with Gasteiger partial charge in [-0.1, -0.05) is 0 Å². The summed E-state index contributed by atoms with van der Waals surface area (Å²) in [6, 6.07) is 0. The number of hydrogen-bond acceptors (Lipinski definition) is 2. The maximum atomic E-state index is 11.0. The van der Waals surface area contributed by atoms with Gasteiger partial charge in [-0.3, -0.25) is 0 Å². The second-order valence-corrected chi connectivity index (χ2v) is 7.09. The molecule has 0 fully saturated rings. The zero-order valence-corrected chi connectivity index (χ0v) is 12.9. The van der Waals surface area contributed by atoms with Gasteiger partial charge in [-0.25, -0.2) is 0 Å². The summed E-state index contributed by atoms with van der Waals surface area (Å²) in [5.41, 5.74) is 0. The molecule has 2 amide bonds. The molecule has 0 unspecified atom stereocenters. The summed E-state index contributed by atoms with van der Waals surface area (Å²) in [7, 11) is 0. The average molecular weight is 365 g/mol. The van der Waals surface area contributed by atoms with E-state index in [9.17, 15) is 9.59 Å². The molecule has 1 aliphatic heterocycles.